The summed E-state index contributed by atoms with van der Waals surface area (Å²) in [5.74, 6) is 0.655. The van der Waals surface area contributed by atoms with Crippen molar-refractivity contribution >= 4 is 17.4 Å². The van der Waals surface area contributed by atoms with Crippen molar-refractivity contribution in [2.75, 3.05) is 5.32 Å². The molecule has 2 amide bonds. The van der Waals surface area contributed by atoms with Gasteiger partial charge in [-0.1, -0.05) is 0 Å². The number of fused-ring (bicyclic) bond motifs is 1. The number of urea groups is 1. The summed E-state index contributed by atoms with van der Waals surface area (Å²) in [6.07, 6.45) is 2.45. The zero-order valence-corrected chi connectivity index (χ0v) is 13.3. The van der Waals surface area contributed by atoms with Crippen LogP contribution < -0.4 is 10.6 Å². The van der Waals surface area contributed by atoms with Crippen LogP contribution in [0.15, 0.2) is 24.4 Å². The molecule has 0 aliphatic heterocycles. The molecule has 0 unspecified atom stereocenters. The predicted octanol–water partition coefficient (Wildman–Crippen LogP) is 1.82. The van der Waals surface area contributed by atoms with Crippen LogP contribution in [-0.4, -0.2) is 36.9 Å². The molecule has 3 heterocycles. The Morgan fingerprint density at radius 1 is 1.43 bits per heavy atom. The average molecular weight is 313 g/mol. The van der Waals surface area contributed by atoms with Crippen molar-refractivity contribution in [3.05, 3.63) is 41.6 Å². The van der Waals surface area contributed by atoms with Crippen molar-refractivity contribution in [1.29, 1.82) is 0 Å². The zero-order valence-electron chi connectivity index (χ0n) is 13.3. The molecule has 0 bridgehead atoms. The topological polar surface area (TPSA) is 100 Å². The first kappa shape index (κ1) is 15.0. The Hall–Kier alpha value is -2.90. The predicted molar refractivity (Wildman–Crippen MR) is 86.4 cm³/mol. The van der Waals surface area contributed by atoms with Gasteiger partial charge in [0.15, 0.2) is 5.65 Å². The fraction of sp³-hybridized carbons (Fsp3) is 0.333. The second kappa shape index (κ2) is 6.07. The van der Waals surface area contributed by atoms with Crippen LogP contribution in [0.25, 0.3) is 5.65 Å². The van der Waals surface area contributed by atoms with Crippen molar-refractivity contribution in [1.82, 2.24) is 30.1 Å². The lowest BCUT2D eigenvalue weighted by Crippen LogP contribution is -2.37. The van der Waals surface area contributed by atoms with E-state index in [9.17, 15) is 4.79 Å². The molecule has 120 valence electrons. The van der Waals surface area contributed by atoms with Crippen LogP contribution in [0, 0.1) is 13.8 Å². The highest BCUT2D eigenvalue weighted by Crippen LogP contribution is 2.14. The molecule has 3 aromatic heterocycles. The fourth-order valence-corrected chi connectivity index (χ4v) is 2.44. The van der Waals surface area contributed by atoms with Gasteiger partial charge in [-0.2, -0.15) is 10.2 Å². The lowest BCUT2D eigenvalue weighted by Gasteiger charge is -2.13. The number of aromatic nitrogens is 5. The number of amides is 2. The average Bonchev–Trinajstić information content (AvgIpc) is 3.04. The number of rotatable bonds is 4. The van der Waals surface area contributed by atoms with Crippen molar-refractivity contribution in [3.63, 3.8) is 0 Å². The number of hydrogen-bond acceptors (Lipinski definition) is 4. The summed E-state index contributed by atoms with van der Waals surface area (Å²) in [4.78, 5) is 16.5. The van der Waals surface area contributed by atoms with E-state index in [1.165, 1.54) is 0 Å². The Bertz CT molecular complexity index is 835. The molecular weight excluding hydrogens is 294 g/mol. The first-order chi connectivity index (χ1) is 11.0. The molecule has 8 nitrogen and oxygen atoms in total. The van der Waals surface area contributed by atoms with E-state index in [1.807, 2.05) is 32.9 Å². The molecule has 1 atom stereocenters. The van der Waals surface area contributed by atoms with Crippen LogP contribution in [0.4, 0.5) is 10.5 Å². The smallest absolute Gasteiger partial charge is 0.319 e. The largest absolute Gasteiger partial charge is 0.335 e. The number of aromatic amines is 1. The molecule has 8 heteroatoms. The summed E-state index contributed by atoms with van der Waals surface area (Å²) < 4.78 is 1.64. The number of H-pyrrole nitrogens is 1. The maximum absolute atomic E-state index is 12.2. The molecular formula is C15H19N7O. The molecule has 0 radical (unpaired) electrons. The van der Waals surface area contributed by atoms with Crippen LogP contribution in [0.3, 0.4) is 0 Å². The summed E-state index contributed by atoms with van der Waals surface area (Å²) in [6.45, 7) is 5.69. The number of pyridine rings is 1. The Morgan fingerprint density at radius 3 is 3.00 bits per heavy atom. The van der Waals surface area contributed by atoms with E-state index in [-0.39, 0.29) is 12.1 Å². The quantitative estimate of drug-likeness (QED) is 0.684. The van der Waals surface area contributed by atoms with Crippen LogP contribution in [0.5, 0.6) is 0 Å². The Kier molecular flexibility index (Phi) is 3.96. The number of nitrogens with zero attached hydrogens (tertiary/aromatic N) is 4. The van der Waals surface area contributed by atoms with Crippen molar-refractivity contribution in [2.45, 2.75) is 33.2 Å². The molecule has 0 saturated heterocycles. The van der Waals surface area contributed by atoms with Crippen molar-refractivity contribution < 1.29 is 4.79 Å². The Labute approximate surface area is 133 Å². The molecule has 3 rings (SSSR count). The lowest BCUT2D eigenvalue weighted by atomic mass is 10.2. The van der Waals surface area contributed by atoms with Gasteiger partial charge in [-0.15, -0.1) is 0 Å². The maximum Gasteiger partial charge on any atom is 0.319 e. The van der Waals surface area contributed by atoms with Crippen molar-refractivity contribution in [3.8, 4) is 0 Å². The number of hydrogen-bond donors (Lipinski definition) is 3. The molecule has 0 fully saturated rings. The highest BCUT2D eigenvalue weighted by atomic mass is 16.2. The first-order valence-electron chi connectivity index (χ1n) is 7.41. The van der Waals surface area contributed by atoms with E-state index in [4.69, 9.17) is 0 Å². The van der Waals surface area contributed by atoms with Gasteiger partial charge in [0.25, 0.3) is 0 Å². The third kappa shape index (κ3) is 3.47. The molecule has 3 N–H and O–H groups in total. The van der Waals surface area contributed by atoms with Gasteiger partial charge < -0.3 is 10.6 Å². The zero-order chi connectivity index (χ0) is 16.4. The minimum Gasteiger partial charge on any atom is -0.335 e. The van der Waals surface area contributed by atoms with Gasteiger partial charge in [0.1, 0.15) is 5.82 Å². The number of anilines is 1. The number of aryl methyl sites for hydroxylation is 2. The molecule has 23 heavy (non-hydrogen) atoms. The second-order valence-corrected chi connectivity index (χ2v) is 5.59. The Balaban J connectivity index is 1.64. The molecule has 0 spiro atoms. The number of nitrogens with one attached hydrogen (secondary N) is 3. The highest BCUT2D eigenvalue weighted by molar-refractivity contribution is 5.93. The molecule has 0 aliphatic rings. The molecule has 0 aromatic carbocycles. The summed E-state index contributed by atoms with van der Waals surface area (Å²) in [6, 6.07) is 5.25. The van der Waals surface area contributed by atoms with Crippen LogP contribution in [-0.2, 0) is 6.42 Å². The second-order valence-electron chi connectivity index (χ2n) is 5.59. The minimum atomic E-state index is -0.279. The van der Waals surface area contributed by atoms with Crippen LogP contribution in [0.2, 0.25) is 0 Å². The van der Waals surface area contributed by atoms with Crippen LogP contribution >= 0.6 is 0 Å². The van der Waals surface area contributed by atoms with E-state index in [0.717, 1.165) is 11.4 Å². The summed E-state index contributed by atoms with van der Waals surface area (Å²) in [5.41, 5.74) is 3.17. The maximum atomic E-state index is 12.2. The normalized spacial score (nSPS) is 12.3. The summed E-state index contributed by atoms with van der Waals surface area (Å²) in [7, 11) is 0. The molecule has 0 saturated carbocycles. The minimum absolute atomic E-state index is 0.0444. The fourth-order valence-electron chi connectivity index (χ4n) is 2.44. The van der Waals surface area contributed by atoms with Crippen LogP contribution in [0.1, 0.15) is 24.1 Å². The SMILES string of the molecule is Cc1nc2c(NC(=O)N[C@@H](C)Cc3cc(C)[nH]n3)cccn2n1. The van der Waals surface area contributed by atoms with E-state index in [0.29, 0.717) is 23.6 Å². The summed E-state index contributed by atoms with van der Waals surface area (Å²) >= 11 is 0. The number of carbonyl (C=O) groups is 1. The third-order valence-electron chi connectivity index (χ3n) is 3.37. The van der Waals surface area contributed by atoms with Gasteiger partial charge in [-0.3, -0.25) is 5.10 Å². The van der Waals surface area contributed by atoms with Gasteiger partial charge in [0.05, 0.1) is 11.4 Å². The van der Waals surface area contributed by atoms with Gasteiger partial charge in [-0.25, -0.2) is 14.3 Å². The van der Waals surface area contributed by atoms with E-state index < -0.39 is 0 Å². The van der Waals surface area contributed by atoms with E-state index >= 15 is 0 Å². The monoisotopic (exact) mass is 313 g/mol. The van der Waals surface area contributed by atoms with Gasteiger partial charge >= 0.3 is 6.03 Å². The van der Waals surface area contributed by atoms with Crippen molar-refractivity contribution in [2.24, 2.45) is 0 Å². The van der Waals surface area contributed by atoms with Gasteiger partial charge in [0.2, 0.25) is 0 Å². The van der Waals surface area contributed by atoms with E-state index in [2.05, 4.69) is 30.9 Å². The Morgan fingerprint density at radius 2 is 2.26 bits per heavy atom. The lowest BCUT2D eigenvalue weighted by molar-refractivity contribution is 0.249. The third-order valence-corrected chi connectivity index (χ3v) is 3.37. The van der Waals surface area contributed by atoms with Gasteiger partial charge in [-0.05, 0) is 39.0 Å². The first-order valence-corrected chi connectivity index (χ1v) is 7.41. The van der Waals surface area contributed by atoms with Gasteiger partial charge in [0, 0.05) is 24.4 Å². The highest BCUT2D eigenvalue weighted by Gasteiger charge is 2.12. The standard InChI is InChI=1S/C15H19N7O/c1-9(7-12-8-10(2)19-20-12)16-15(23)18-13-5-4-6-22-14(13)17-11(3)21-22/h4-6,8-9H,7H2,1-3H3,(H,19,20)(H2,16,18,23)/t9-/m0/s1. The number of carbonyl (C=O) groups excluding carboxylic acids is 1. The molecule has 3 aromatic rings. The molecule has 0 aliphatic carbocycles. The summed E-state index contributed by atoms with van der Waals surface area (Å²) in [5, 5.41) is 17.0. The van der Waals surface area contributed by atoms with E-state index in [1.54, 1.807) is 16.8 Å².